The molecule has 1 aliphatic rings. The number of nitrogens with one attached hydrogen (secondary N) is 1. The maximum absolute atomic E-state index is 12.0. The molecule has 0 aliphatic heterocycles. The molecule has 0 spiro atoms. The molecule has 0 aromatic heterocycles. The van der Waals surface area contributed by atoms with E-state index in [0.29, 0.717) is 9.50 Å². The smallest absolute Gasteiger partial charge is 0.207 e. The SMILES string of the molecule is CC1(NS(=O)(=O)c2ccc(Cl)c(Br)c2)CC1. The fourth-order valence-electron chi connectivity index (χ4n) is 1.32. The monoisotopic (exact) mass is 323 g/mol. The molecule has 1 saturated carbocycles. The predicted octanol–water partition coefficient (Wildman–Crippen LogP) is 2.93. The fraction of sp³-hybridized carbons (Fsp3) is 0.400. The highest BCUT2D eigenvalue weighted by Crippen LogP contribution is 2.36. The molecule has 1 N–H and O–H groups in total. The van der Waals surface area contributed by atoms with Gasteiger partial charge in [-0.2, -0.15) is 0 Å². The van der Waals surface area contributed by atoms with Gasteiger partial charge in [-0.3, -0.25) is 0 Å². The summed E-state index contributed by atoms with van der Waals surface area (Å²) in [5.74, 6) is 0. The third kappa shape index (κ3) is 2.59. The lowest BCUT2D eigenvalue weighted by Crippen LogP contribution is -2.34. The third-order valence-corrected chi connectivity index (χ3v) is 5.43. The van der Waals surface area contributed by atoms with Gasteiger partial charge in [-0.1, -0.05) is 11.6 Å². The normalized spacial score (nSPS) is 18.4. The van der Waals surface area contributed by atoms with E-state index in [9.17, 15) is 8.42 Å². The highest BCUT2D eigenvalue weighted by Gasteiger charge is 2.41. The first-order valence-corrected chi connectivity index (χ1v) is 7.47. The van der Waals surface area contributed by atoms with Gasteiger partial charge >= 0.3 is 0 Å². The van der Waals surface area contributed by atoms with Crippen LogP contribution in [0.25, 0.3) is 0 Å². The van der Waals surface area contributed by atoms with E-state index in [1.165, 1.54) is 12.1 Å². The lowest BCUT2D eigenvalue weighted by molar-refractivity contribution is 0.558. The highest BCUT2D eigenvalue weighted by molar-refractivity contribution is 9.10. The van der Waals surface area contributed by atoms with Crippen molar-refractivity contribution in [1.82, 2.24) is 4.72 Å². The van der Waals surface area contributed by atoms with Crippen molar-refractivity contribution in [2.75, 3.05) is 0 Å². The van der Waals surface area contributed by atoms with Crippen LogP contribution in [0.15, 0.2) is 27.6 Å². The number of hydrogen-bond donors (Lipinski definition) is 1. The van der Waals surface area contributed by atoms with Gasteiger partial charge in [-0.05, 0) is 53.9 Å². The predicted molar refractivity (Wildman–Crippen MR) is 67.1 cm³/mol. The van der Waals surface area contributed by atoms with E-state index in [2.05, 4.69) is 20.7 Å². The summed E-state index contributed by atoms with van der Waals surface area (Å²) in [4.78, 5) is 0.233. The molecular weight excluding hydrogens is 314 g/mol. The van der Waals surface area contributed by atoms with Crippen LogP contribution in [0.2, 0.25) is 5.02 Å². The van der Waals surface area contributed by atoms with E-state index in [-0.39, 0.29) is 10.4 Å². The van der Waals surface area contributed by atoms with E-state index in [1.807, 2.05) is 6.92 Å². The summed E-state index contributed by atoms with van der Waals surface area (Å²) in [6.07, 6.45) is 1.78. The molecule has 88 valence electrons. The van der Waals surface area contributed by atoms with Crippen molar-refractivity contribution in [3.63, 3.8) is 0 Å². The number of benzene rings is 1. The van der Waals surface area contributed by atoms with E-state index in [4.69, 9.17) is 11.6 Å². The van der Waals surface area contributed by atoms with Gasteiger partial charge in [0.25, 0.3) is 0 Å². The fourth-order valence-corrected chi connectivity index (χ4v) is 3.46. The molecule has 0 heterocycles. The molecule has 3 nitrogen and oxygen atoms in total. The van der Waals surface area contributed by atoms with Gasteiger partial charge in [0.15, 0.2) is 0 Å². The van der Waals surface area contributed by atoms with Crippen molar-refractivity contribution in [3.05, 3.63) is 27.7 Å². The molecule has 0 amide bonds. The lowest BCUT2D eigenvalue weighted by Gasteiger charge is -2.12. The Morgan fingerprint density at radius 3 is 2.56 bits per heavy atom. The second-order valence-electron chi connectivity index (χ2n) is 4.24. The second-order valence-corrected chi connectivity index (χ2v) is 7.19. The number of halogens is 2. The number of hydrogen-bond acceptors (Lipinski definition) is 2. The third-order valence-electron chi connectivity index (χ3n) is 2.58. The molecule has 1 aromatic rings. The van der Waals surface area contributed by atoms with Crippen LogP contribution in [0, 0.1) is 0 Å². The minimum absolute atomic E-state index is 0.233. The molecule has 0 radical (unpaired) electrons. The van der Waals surface area contributed by atoms with Crippen LogP contribution in [-0.2, 0) is 10.0 Å². The Balaban J connectivity index is 2.32. The van der Waals surface area contributed by atoms with Crippen LogP contribution in [-0.4, -0.2) is 14.0 Å². The molecule has 16 heavy (non-hydrogen) atoms. The van der Waals surface area contributed by atoms with Crippen LogP contribution in [0.5, 0.6) is 0 Å². The van der Waals surface area contributed by atoms with Crippen LogP contribution in [0.3, 0.4) is 0 Å². The van der Waals surface area contributed by atoms with Gasteiger partial charge in [0.2, 0.25) is 10.0 Å². The van der Waals surface area contributed by atoms with Crippen molar-refractivity contribution in [2.24, 2.45) is 0 Å². The summed E-state index contributed by atoms with van der Waals surface area (Å²) in [6.45, 7) is 1.90. The van der Waals surface area contributed by atoms with E-state index < -0.39 is 10.0 Å². The van der Waals surface area contributed by atoms with E-state index in [0.717, 1.165) is 12.8 Å². The Kier molecular flexibility index (Phi) is 3.07. The van der Waals surface area contributed by atoms with Crippen LogP contribution < -0.4 is 4.72 Å². The Hall–Kier alpha value is -0.100. The second kappa shape index (κ2) is 3.98. The molecule has 0 atom stereocenters. The molecule has 1 aromatic carbocycles. The zero-order chi connectivity index (χ0) is 12.0. The topological polar surface area (TPSA) is 46.2 Å². The van der Waals surface area contributed by atoms with E-state index >= 15 is 0 Å². The Labute approximate surface area is 108 Å². The molecule has 6 heteroatoms. The maximum atomic E-state index is 12.0. The van der Waals surface area contributed by atoms with Crippen molar-refractivity contribution in [1.29, 1.82) is 0 Å². The summed E-state index contributed by atoms with van der Waals surface area (Å²) in [6, 6.07) is 4.58. The van der Waals surface area contributed by atoms with Crippen LogP contribution in [0.1, 0.15) is 19.8 Å². The first-order valence-electron chi connectivity index (χ1n) is 4.81. The van der Waals surface area contributed by atoms with E-state index in [1.54, 1.807) is 6.07 Å². The van der Waals surface area contributed by atoms with Crippen molar-refractivity contribution in [3.8, 4) is 0 Å². The zero-order valence-corrected chi connectivity index (χ0v) is 11.8. The molecule has 0 bridgehead atoms. The first-order chi connectivity index (χ1) is 7.32. The van der Waals surface area contributed by atoms with Gasteiger partial charge < -0.3 is 0 Å². The summed E-state index contributed by atoms with van der Waals surface area (Å²) < 4.78 is 27.2. The summed E-state index contributed by atoms with van der Waals surface area (Å²) in [7, 11) is -3.43. The Bertz CT molecular complexity index is 526. The average Bonchev–Trinajstić information content (AvgIpc) is 2.86. The Morgan fingerprint density at radius 1 is 1.44 bits per heavy atom. The standard InChI is InChI=1S/C10H11BrClNO2S/c1-10(4-5-10)13-16(14,15)7-2-3-9(12)8(11)6-7/h2-3,6,13H,4-5H2,1H3. The molecule has 2 rings (SSSR count). The van der Waals surface area contributed by atoms with Gasteiger partial charge in [0.1, 0.15) is 0 Å². The van der Waals surface area contributed by atoms with Gasteiger partial charge in [0.05, 0.1) is 9.92 Å². The first kappa shape index (κ1) is 12.4. The summed E-state index contributed by atoms with van der Waals surface area (Å²) in [5.41, 5.74) is -0.259. The van der Waals surface area contributed by atoms with Crippen molar-refractivity contribution >= 4 is 37.6 Å². The molecule has 1 fully saturated rings. The minimum Gasteiger partial charge on any atom is -0.207 e. The number of sulfonamides is 1. The largest absolute Gasteiger partial charge is 0.241 e. The van der Waals surface area contributed by atoms with Crippen molar-refractivity contribution < 1.29 is 8.42 Å². The summed E-state index contributed by atoms with van der Waals surface area (Å²) >= 11 is 9.02. The highest BCUT2D eigenvalue weighted by atomic mass is 79.9. The quantitative estimate of drug-likeness (QED) is 0.929. The molecule has 0 unspecified atom stereocenters. The zero-order valence-electron chi connectivity index (χ0n) is 8.63. The van der Waals surface area contributed by atoms with Gasteiger partial charge in [-0.25, -0.2) is 13.1 Å². The van der Waals surface area contributed by atoms with Gasteiger partial charge in [-0.15, -0.1) is 0 Å². The van der Waals surface area contributed by atoms with Crippen LogP contribution in [0.4, 0.5) is 0 Å². The lowest BCUT2D eigenvalue weighted by atomic mass is 10.4. The summed E-state index contributed by atoms with van der Waals surface area (Å²) in [5, 5.41) is 0.497. The van der Waals surface area contributed by atoms with Gasteiger partial charge in [0, 0.05) is 10.0 Å². The van der Waals surface area contributed by atoms with Crippen LogP contribution >= 0.6 is 27.5 Å². The maximum Gasteiger partial charge on any atom is 0.241 e. The Morgan fingerprint density at radius 2 is 2.06 bits per heavy atom. The van der Waals surface area contributed by atoms with Crippen molar-refractivity contribution in [2.45, 2.75) is 30.2 Å². The molecular formula is C10H11BrClNO2S. The molecule has 1 aliphatic carbocycles. The minimum atomic E-state index is -3.43. The average molecular weight is 325 g/mol. The number of rotatable bonds is 3. The molecule has 0 saturated heterocycles.